The zero-order valence-electron chi connectivity index (χ0n) is 21.1. The standard InChI is InChI=1S/C27H31N5O4/c1-18-16-31(21-13-12-20(35-3)15-22(21)36-4)26-28-24-23(32(26)17-18)25(33)30(27(34)29(24)2)14-8-11-19-9-6-5-7-10-19/h5-7,9-10,12-13,15,18H,8,11,14,16-17H2,1-4H3. The first-order valence-corrected chi connectivity index (χ1v) is 12.2. The van der Waals surface area contributed by atoms with Gasteiger partial charge in [-0.05, 0) is 36.5 Å². The highest BCUT2D eigenvalue weighted by molar-refractivity contribution is 5.78. The Balaban J connectivity index is 1.59. The molecule has 1 unspecified atom stereocenters. The number of rotatable bonds is 7. The number of imidazole rings is 1. The summed E-state index contributed by atoms with van der Waals surface area (Å²) in [4.78, 5) is 33.7. The topological polar surface area (TPSA) is 83.5 Å². The number of anilines is 2. The summed E-state index contributed by atoms with van der Waals surface area (Å²) in [5.41, 5.74) is 2.22. The zero-order chi connectivity index (χ0) is 25.4. The van der Waals surface area contributed by atoms with Crippen molar-refractivity contribution in [1.82, 2.24) is 18.7 Å². The van der Waals surface area contributed by atoms with Gasteiger partial charge in [-0.3, -0.25) is 13.9 Å². The van der Waals surface area contributed by atoms with Crippen molar-refractivity contribution in [2.75, 3.05) is 25.7 Å². The van der Waals surface area contributed by atoms with E-state index in [-0.39, 0.29) is 17.2 Å². The molecular formula is C27H31N5O4. The molecule has 0 bridgehead atoms. The maximum absolute atomic E-state index is 13.7. The summed E-state index contributed by atoms with van der Waals surface area (Å²) in [6, 6.07) is 15.7. The highest BCUT2D eigenvalue weighted by Gasteiger charge is 2.31. The Labute approximate surface area is 209 Å². The van der Waals surface area contributed by atoms with Crippen LogP contribution in [-0.4, -0.2) is 39.4 Å². The van der Waals surface area contributed by atoms with E-state index in [1.54, 1.807) is 21.3 Å². The van der Waals surface area contributed by atoms with Crippen molar-refractivity contribution in [3.05, 3.63) is 74.9 Å². The van der Waals surface area contributed by atoms with E-state index < -0.39 is 0 Å². The molecule has 2 aromatic heterocycles. The molecule has 1 aliphatic rings. The molecule has 188 valence electrons. The summed E-state index contributed by atoms with van der Waals surface area (Å²) in [6.07, 6.45) is 1.48. The lowest BCUT2D eigenvalue weighted by atomic mass is 10.1. The normalized spacial score (nSPS) is 15.2. The van der Waals surface area contributed by atoms with Gasteiger partial charge in [0.05, 0.1) is 19.9 Å². The van der Waals surface area contributed by atoms with Crippen LogP contribution in [0.4, 0.5) is 11.6 Å². The summed E-state index contributed by atoms with van der Waals surface area (Å²) in [6.45, 7) is 3.82. The van der Waals surface area contributed by atoms with Gasteiger partial charge in [0, 0.05) is 32.7 Å². The average molecular weight is 490 g/mol. The quantitative estimate of drug-likeness (QED) is 0.396. The van der Waals surface area contributed by atoms with Gasteiger partial charge in [-0.2, -0.15) is 4.98 Å². The fourth-order valence-corrected chi connectivity index (χ4v) is 5.00. The number of aromatic nitrogens is 4. The highest BCUT2D eigenvalue weighted by Crippen LogP contribution is 2.39. The molecule has 5 rings (SSSR count). The Hall–Kier alpha value is -4.01. The maximum Gasteiger partial charge on any atom is 0.332 e. The maximum atomic E-state index is 13.7. The van der Waals surface area contributed by atoms with Gasteiger partial charge in [-0.15, -0.1) is 0 Å². The van der Waals surface area contributed by atoms with Crippen molar-refractivity contribution < 1.29 is 9.47 Å². The zero-order valence-corrected chi connectivity index (χ0v) is 21.1. The second-order valence-corrected chi connectivity index (χ2v) is 9.34. The summed E-state index contributed by atoms with van der Waals surface area (Å²) >= 11 is 0. The van der Waals surface area contributed by atoms with Gasteiger partial charge in [-0.1, -0.05) is 37.3 Å². The highest BCUT2D eigenvalue weighted by atomic mass is 16.5. The second kappa shape index (κ2) is 9.56. The summed E-state index contributed by atoms with van der Waals surface area (Å²) in [7, 11) is 4.91. The predicted molar refractivity (Wildman–Crippen MR) is 140 cm³/mol. The van der Waals surface area contributed by atoms with Gasteiger partial charge in [0.15, 0.2) is 11.2 Å². The van der Waals surface area contributed by atoms with Gasteiger partial charge in [0.25, 0.3) is 5.56 Å². The third kappa shape index (κ3) is 4.04. The molecule has 0 radical (unpaired) electrons. The molecule has 1 atom stereocenters. The third-order valence-electron chi connectivity index (χ3n) is 6.81. The van der Waals surface area contributed by atoms with Crippen molar-refractivity contribution in [3.8, 4) is 11.5 Å². The number of benzene rings is 2. The predicted octanol–water partition coefficient (Wildman–Crippen LogP) is 3.33. The van der Waals surface area contributed by atoms with E-state index in [0.29, 0.717) is 54.7 Å². The van der Waals surface area contributed by atoms with Crippen molar-refractivity contribution in [2.45, 2.75) is 32.9 Å². The van der Waals surface area contributed by atoms with Crippen molar-refractivity contribution >= 4 is 22.8 Å². The molecule has 2 aromatic carbocycles. The van der Waals surface area contributed by atoms with E-state index in [9.17, 15) is 9.59 Å². The fraction of sp³-hybridized carbons (Fsp3) is 0.370. The number of ether oxygens (including phenoxy) is 2. The number of methoxy groups -OCH3 is 2. The molecule has 0 N–H and O–H groups in total. The molecular weight excluding hydrogens is 458 g/mol. The molecule has 0 saturated carbocycles. The molecule has 9 nitrogen and oxygen atoms in total. The Kier molecular flexibility index (Phi) is 6.30. The van der Waals surface area contributed by atoms with Crippen LogP contribution in [0, 0.1) is 5.92 Å². The second-order valence-electron chi connectivity index (χ2n) is 9.34. The van der Waals surface area contributed by atoms with Gasteiger partial charge < -0.3 is 18.9 Å². The van der Waals surface area contributed by atoms with Crippen LogP contribution < -0.4 is 25.6 Å². The Morgan fingerprint density at radius 2 is 1.81 bits per heavy atom. The number of hydrogen-bond acceptors (Lipinski definition) is 6. The molecule has 3 heterocycles. The van der Waals surface area contributed by atoms with Gasteiger partial charge in [0.2, 0.25) is 5.95 Å². The van der Waals surface area contributed by atoms with Crippen LogP contribution in [0.2, 0.25) is 0 Å². The van der Waals surface area contributed by atoms with E-state index in [0.717, 1.165) is 12.1 Å². The monoisotopic (exact) mass is 489 g/mol. The van der Waals surface area contributed by atoms with E-state index >= 15 is 0 Å². The van der Waals surface area contributed by atoms with Gasteiger partial charge >= 0.3 is 5.69 Å². The van der Waals surface area contributed by atoms with E-state index in [4.69, 9.17) is 14.5 Å². The third-order valence-corrected chi connectivity index (χ3v) is 6.81. The van der Waals surface area contributed by atoms with Crippen LogP contribution in [0.5, 0.6) is 11.5 Å². The Morgan fingerprint density at radius 1 is 1.03 bits per heavy atom. The minimum atomic E-state index is -0.349. The van der Waals surface area contributed by atoms with E-state index in [2.05, 4.69) is 24.0 Å². The smallest absolute Gasteiger partial charge is 0.332 e. The first-order chi connectivity index (χ1) is 17.4. The molecule has 0 aliphatic carbocycles. The first kappa shape index (κ1) is 23.7. The molecule has 36 heavy (non-hydrogen) atoms. The molecule has 0 saturated heterocycles. The van der Waals surface area contributed by atoms with Crippen molar-refractivity contribution in [1.29, 1.82) is 0 Å². The summed E-state index contributed by atoms with van der Waals surface area (Å²) < 4.78 is 15.8. The lowest BCUT2D eigenvalue weighted by molar-refractivity contribution is 0.392. The van der Waals surface area contributed by atoms with Crippen LogP contribution in [0.25, 0.3) is 11.2 Å². The number of fused-ring (bicyclic) bond motifs is 3. The fourth-order valence-electron chi connectivity index (χ4n) is 5.00. The van der Waals surface area contributed by atoms with Gasteiger partial charge in [-0.25, -0.2) is 4.79 Å². The number of hydrogen-bond donors (Lipinski definition) is 0. The van der Waals surface area contributed by atoms with Crippen LogP contribution in [0.1, 0.15) is 18.9 Å². The van der Waals surface area contributed by atoms with E-state index in [1.165, 1.54) is 14.7 Å². The minimum absolute atomic E-state index is 0.241. The van der Waals surface area contributed by atoms with Gasteiger partial charge in [0.1, 0.15) is 11.5 Å². The lowest BCUT2D eigenvalue weighted by Gasteiger charge is -2.33. The van der Waals surface area contributed by atoms with E-state index in [1.807, 2.05) is 41.0 Å². The van der Waals surface area contributed by atoms with Crippen molar-refractivity contribution in [2.24, 2.45) is 13.0 Å². The number of aryl methyl sites for hydroxylation is 2. The molecule has 4 aromatic rings. The summed E-state index contributed by atoms with van der Waals surface area (Å²) in [5.74, 6) is 2.20. The van der Waals surface area contributed by atoms with Crippen molar-refractivity contribution in [3.63, 3.8) is 0 Å². The molecule has 1 aliphatic heterocycles. The SMILES string of the molecule is COc1ccc(N2CC(C)Cn3c2nc2c3c(=O)n(CCCc3ccccc3)c(=O)n2C)c(OC)c1. The largest absolute Gasteiger partial charge is 0.497 e. The molecule has 0 fully saturated rings. The Bertz CT molecular complexity index is 1520. The van der Waals surface area contributed by atoms with Crippen LogP contribution in [0.3, 0.4) is 0 Å². The lowest BCUT2D eigenvalue weighted by Crippen LogP contribution is -2.40. The van der Waals surface area contributed by atoms with Crippen LogP contribution >= 0.6 is 0 Å². The first-order valence-electron chi connectivity index (χ1n) is 12.2. The molecule has 0 spiro atoms. The molecule has 9 heteroatoms. The molecule has 0 amide bonds. The Morgan fingerprint density at radius 3 is 2.53 bits per heavy atom. The number of nitrogens with zero attached hydrogens (tertiary/aromatic N) is 5. The van der Waals surface area contributed by atoms with Crippen LogP contribution in [0.15, 0.2) is 58.1 Å². The van der Waals surface area contributed by atoms with Crippen LogP contribution in [-0.2, 0) is 26.6 Å². The summed E-state index contributed by atoms with van der Waals surface area (Å²) in [5, 5.41) is 0. The average Bonchev–Trinajstić information content (AvgIpc) is 3.28. The minimum Gasteiger partial charge on any atom is -0.497 e.